The zero-order valence-electron chi connectivity index (χ0n) is 20.2. The van der Waals surface area contributed by atoms with Crippen LogP contribution in [0.4, 0.5) is 4.79 Å². The number of rotatable bonds is 6. The van der Waals surface area contributed by atoms with E-state index in [-0.39, 0.29) is 12.0 Å². The lowest BCUT2D eigenvalue weighted by atomic mass is 9.86. The first-order valence-corrected chi connectivity index (χ1v) is 12.0. The highest BCUT2D eigenvalue weighted by molar-refractivity contribution is 5.81. The van der Waals surface area contributed by atoms with Crippen LogP contribution < -0.4 is 5.32 Å². The van der Waals surface area contributed by atoms with Gasteiger partial charge in [-0.15, -0.1) is 0 Å². The van der Waals surface area contributed by atoms with Crippen molar-refractivity contribution in [3.8, 4) is 0 Å². The largest absolute Gasteiger partial charge is 0.458 e. The highest BCUT2D eigenvalue weighted by Gasteiger charge is 2.36. The third-order valence-corrected chi connectivity index (χ3v) is 6.11. The minimum Gasteiger partial charge on any atom is -0.458 e. The standard InChI is InChI=1S/C26H39NO5/c1-17-9-11-19(12-10-17)15-21-7-6-8-22(27-25(29)32-26(3,4)5)24(28)31-18(2)23(21)30-16-20-13-14-20/h9-12,18,20-23H,6-8,13-16H2,1-5H3,(H,27,29). The van der Waals surface area contributed by atoms with E-state index in [1.807, 2.05) is 6.92 Å². The molecule has 1 saturated heterocycles. The Labute approximate surface area is 192 Å². The Bertz CT molecular complexity index is 765. The summed E-state index contributed by atoms with van der Waals surface area (Å²) in [6.07, 6.45) is 4.37. The number of ether oxygens (including phenoxy) is 3. The van der Waals surface area contributed by atoms with E-state index >= 15 is 0 Å². The van der Waals surface area contributed by atoms with Crippen molar-refractivity contribution >= 4 is 12.1 Å². The van der Waals surface area contributed by atoms with Gasteiger partial charge in [0, 0.05) is 6.61 Å². The SMILES string of the molecule is Cc1ccc(CC2CCCC(NC(=O)OC(C)(C)C)C(=O)OC(C)C2OCC2CC2)cc1. The topological polar surface area (TPSA) is 73.9 Å². The number of amides is 1. The molecule has 4 atom stereocenters. The molecule has 32 heavy (non-hydrogen) atoms. The van der Waals surface area contributed by atoms with Crippen LogP contribution in [0.2, 0.25) is 0 Å². The molecule has 1 amide bonds. The minimum atomic E-state index is -0.713. The van der Waals surface area contributed by atoms with Gasteiger partial charge in [0.15, 0.2) is 0 Å². The Kier molecular flexibility index (Phi) is 8.21. The summed E-state index contributed by atoms with van der Waals surface area (Å²) in [5.74, 6) is 0.450. The third kappa shape index (κ3) is 7.80. The number of carbonyl (C=O) groups excluding carboxylic acids is 2. The van der Waals surface area contributed by atoms with Crippen molar-refractivity contribution < 1.29 is 23.8 Å². The van der Waals surface area contributed by atoms with E-state index < -0.39 is 29.8 Å². The Hall–Kier alpha value is -2.08. The molecule has 2 fully saturated rings. The molecule has 1 aliphatic carbocycles. The Morgan fingerprint density at radius 3 is 2.44 bits per heavy atom. The number of cyclic esters (lactones) is 1. The molecular formula is C26H39NO5. The third-order valence-electron chi connectivity index (χ3n) is 6.11. The summed E-state index contributed by atoms with van der Waals surface area (Å²) in [5.41, 5.74) is 1.88. The van der Waals surface area contributed by atoms with Crippen LogP contribution in [0, 0.1) is 18.8 Å². The lowest BCUT2D eigenvalue weighted by Gasteiger charge is -2.31. The second-order valence-corrected chi connectivity index (χ2v) is 10.5. The number of benzene rings is 1. The fraction of sp³-hybridized carbons (Fsp3) is 0.692. The van der Waals surface area contributed by atoms with E-state index in [1.54, 1.807) is 20.8 Å². The minimum absolute atomic E-state index is 0.166. The first kappa shape index (κ1) is 24.6. The average Bonchev–Trinajstić information content (AvgIpc) is 3.50. The van der Waals surface area contributed by atoms with Crippen molar-refractivity contribution in [2.75, 3.05) is 6.61 Å². The number of nitrogens with one attached hydrogen (secondary N) is 1. The van der Waals surface area contributed by atoms with Gasteiger partial charge in [-0.05, 0) is 84.1 Å². The van der Waals surface area contributed by atoms with E-state index in [1.165, 1.54) is 24.0 Å². The molecule has 0 radical (unpaired) electrons. The van der Waals surface area contributed by atoms with Gasteiger partial charge < -0.3 is 19.5 Å². The van der Waals surface area contributed by atoms with Gasteiger partial charge in [0.25, 0.3) is 0 Å². The number of esters is 1. The van der Waals surface area contributed by atoms with Crippen LogP contribution in [-0.4, -0.2) is 42.5 Å². The van der Waals surface area contributed by atoms with Crippen molar-refractivity contribution in [1.29, 1.82) is 0 Å². The molecule has 1 aliphatic heterocycles. The van der Waals surface area contributed by atoms with Gasteiger partial charge in [-0.25, -0.2) is 9.59 Å². The van der Waals surface area contributed by atoms with Crippen LogP contribution in [0.3, 0.4) is 0 Å². The highest BCUT2D eigenvalue weighted by Crippen LogP contribution is 2.33. The Morgan fingerprint density at radius 1 is 1.12 bits per heavy atom. The summed E-state index contributed by atoms with van der Waals surface area (Å²) in [6.45, 7) is 10.1. The second-order valence-electron chi connectivity index (χ2n) is 10.5. The van der Waals surface area contributed by atoms with Gasteiger partial charge >= 0.3 is 12.1 Å². The van der Waals surface area contributed by atoms with Crippen LogP contribution in [0.5, 0.6) is 0 Å². The van der Waals surface area contributed by atoms with Crippen LogP contribution in [0.1, 0.15) is 70.9 Å². The first-order valence-electron chi connectivity index (χ1n) is 12.0. The lowest BCUT2D eigenvalue weighted by Crippen LogP contribution is -2.46. The lowest BCUT2D eigenvalue weighted by molar-refractivity contribution is -0.161. The molecule has 0 aromatic heterocycles. The predicted octanol–water partition coefficient (Wildman–Crippen LogP) is 4.96. The molecule has 178 valence electrons. The van der Waals surface area contributed by atoms with Crippen LogP contribution >= 0.6 is 0 Å². The van der Waals surface area contributed by atoms with E-state index in [9.17, 15) is 9.59 Å². The molecule has 3 rings (SSSR count). The number of hydrogen-bond donors (Lipinski definition) is 1. The summed E-state index contributed by atoms with van der Waals surface area (Å²) in [6, 6.07) is 7.89. The first-order chi connectivity index (χ1) is 15.1. The van der Waals surface area contributed by atoms with Gasteiger partial charge in [-0.1, -0.05) is 36.2 Å². The van der Waals surface area contributed by atoms with E-state index in [4.69, 9.17) is 14.2 Å². The second kappa shape index (κ2) is 10.7. The maximum absolute atomic E-state index is 12.9. The molecule has 1 heterocycles. The molecule has 4 unspecified atom stereocenters. The number of carbonyl (C=O) groups is 2. The Balaban J connectivity index is 1.71. The fourth-order valence-electron chi connectivity index (χ4n) is 4.21. The zero-order chi connectivity index (χ0) is 23.3. The van der Waals surface area contributed by atoms with E-state index in [0.717, 1.165) is 25.9 Å². The molecule has 2 aliphatic rings. The van der Waals surface area contributed by atoms with Gasteiger partial charge in [0.2, 0.25) is 0 Å². The fourth-order valence-corrected chi connectivity index (χ4v) is 4.21. The van der Waals surface area contributed by atoms with Gasteiger partial charge in [-0.2, -0.15) is 0 Å². The molecule has 1 aromatic carbocycles. The van der Waals surface area contributed by atoms with Crippen LogP contribution in [0.25, 0.3) is 0 Å². The van der Waals surface area contributed by atoms with Crippen molar-refractivity contribution in [2.45, 2.75) is 97.0 Å². The van der Waals surface area contributed by atoms with Gasteiger partial charge in [0.05, 0.1) is 6.10 Å². The maximum atomic E-state index is 12.9. The van der Waals surface area contributed by atoms with E-state index in [0.29, 0.717) is 12.3 Å². The molecule has 6 nitrogen and oxygen atoms in total. The van der Waals surface area contributed by atoms with Crippen molar-refractivity contribution in [3.63, 3.8) is 0 Å². The zero-order valence-corrected chi connectivity index (χ0v) is 20.2. The highest BCUT2D eigenvalue weighted by atomic mass is 16.6. The molecular weight excluding hydrogens is 406 g/mol. The van der Waals surface area contributed by atoms with Crippen LogP contribution in [-0.2, 0) is 25.4 Å². The molecule has 1 saturated carbocycles. The number of hydrogen-bond acceptors (Lipinski definition) is 5. The predicted molar refractivity (Wildman–Crippen MR) is 123 cm³/mol. The summed E-state index contributed by atoms with van der Waals surface area (Å²) >= 11 is 0. The van der Waals surface area contributed by atoms with Crippen molar-refractivity contribution in [1.82, 2.24) is 5.32 Å². The molecule has 6 heteroatoms. The number of aryl methyl sites for hydroxylation is 1. The van der Waals surface area contributed by atoms with Crippen molar-refractivity contribution in [3.05, 3.63) is 35.4 Å². The summed E-state index contributed by atoms with van der Waals surface area (Å²) in [4.78, 5) is 25.1. The van der Waals surface area contributed by atoms with Gasteiger partial charge in [-0.3, -0.25) is 0 Å². The van der Waals surface area contributed by atoms with E-state index in [2.05, 4.69) is 36.5 Å². The van der Waals surface area contributed by atoms with Gasteiger partial charge in [0.1, 0.15) is 17.7 Å². The molecule has 1 N–H and O–H groups in total. The molecule has 0 bridgehead atoms. The summed E-state index contributed by atoms with van der Waals surface area (Å²) in [7, 11) is 0. The monoisotopic (exact) mass is 445 g/mol. The molecule has 0 spiro atoms. The number of alkyl carbamates (subject to hydrolysis) is 1. The Morgan fingerprint density at radius 2 is 1.81 bits per heavy atom. The van der Waals surface area contributed by atoms with Crippen molar-refractivity contribution in [2.24, 2.45) is 11.8 Å². The maximum Gasteiger partial charge on any atom is 0.408 e. The quantitative estimate of drug-likeness (QED) is 0.627. The smallest absolute Gasteiger partial charge is 0.408 e. The average molecular weight is 446 g/mol. The summed E-state index contributed by atoms with van der Waals surface area (Å²) < 4.78 is 17.5. The normalized spacial score (nSPS) is 27.0. The van der Waals surface area contributed by atoms with Crippen LogP contribution in [0.15, 0.2) is 24.3 Å². The molecule has 1 aromatic rings. The summed E-state index contributed by atoms with van der Waals surface area (Å²) in [5, 5.41) is 2.71.